The van der Waals surface area contributed by atoms with Crippen LogP contribution in [0.15, 0.2) is 35.4 Å². The molecule has 7 nitrogen and oxygen atoms in total. The molecule has 2 aromatic rings. The van der Waals surface area contributed by atoms with Crippen molar-refractivity contribution in [3.05, 3.63) is 41.6 Å². The first-order valence-corrected chi connectivity index (χ1v) is 7.76. The Hall–Kier alpha value is -2.35. The van der Waals surface area contributed by atoms with Crippen LogP contribution in [0.25, 0.3) is 0 Å². The smallest absolute Gasteiger partial charge is 0.307 e. The quantitative estimate of drug-likeness (QED) is 0.746. The number of hydrogen-bond donors (Lipinski definition) is 3. The van der Waals surface area contributed by atoms with Gasteiger partial charge in [-0.15, -0.1) is 0 Å². The standard InChI is InChI=1S/C13H15N3O4S/c1-2-10-8-14-15-13(10)16-21(19,20)11-5-3-9(4-6-11)7-12(17)18/h3-6,8H,2,7H2,1H3,(H,17,18)(H2,14,15,16). The number of benzene rings is 1. The number of carboxylic acid groups (broad SMARTS) is 1. The Labute approximate surface area is 122 Å². The number of aromatic nitrogens is 2. The number of aromatic amines is 1. The highest BCUT2D eigenvalue weighted by molar-refractivity contribution is 7.92. The molecule has 1 heterocycles. The zero-order valence-electron chi connectivity index (χ0n) is 11.3. The van der Waals surface area contributed by atoms with Crippen LogP contribution in [0.5, 0.6) is 0 Å². The van der Waals surface area contributed by atoms with E-state index in [2.05, 4.69) is 14.9 Å². The minimum atomic E-state index is -3.73. The number of rotatable bonds is 6. The Morgan fingerprint density at radius 1 is 1.33 bits per heavy atom. The summed E-state index contributed by atoms with van der Waals surface area (Å²) in [5.74, 6) is -0.624. The number of carbonyl (C=O) groups is 1. The number of hydrogen-bond acceptors (Lipinski definition) is 4. The molecule has 0 aliphatic rings. The van der Waals surface area contributed by atoms with E-state index in [0.717, 1.165) is 5.56 Å². The van der Waals surface area contributed by atoms with Crippen molar-refractivity contribution in [1.29, 1.82) is 0 Å². The number of sulfonamides is 1. The van der Waals surface area contributed by atoms with Gasteiger partial charge in [-0.05, 0) is 24.1 Å². The predicted molar refractivity (Wildman–Crippen MR) is 76.6 cm³/mol. The molecule has 0 saturated carbocycles. The summed E-state index contributed by atoms with van der Waals surface area (Å²) in [5, 5.41) is 15.1. The Kier molecular flexibility index (Phi) is 4.27. The number of aliphatic carboxylic acids is 1. The van der Waals surface area contributed by atoms with E-state index in [1.807, 2.05) is 6.92 Å². The molecule has 0 atom stereocenters. The molecule has 112 valence electrons. The molecule has 0 fully saturated rings. The molecule has 0 amide bonds. The van der Waals surface area contributed by atoms with Gasteiger partial charge in [0.25, 0.3) is 10.0 Å². The largest absolute Gasteiger partial charge is 0.481 e. The van der Waals surface area contributed by atoms with Crippen LogP contribution in [-0.2, 0) is 27.7 Å². The third-order valence-electron chi connectivity index (χ3n) is 2.92. The van der Waals surface area contributed by atoms with Gasteiger partial charge in [0, 0.05) is 5.56 Å². The summed E-state index contributed by atoms with van der Waals surface area (Å²) in [6.07, 6.45) is 2.06. The molecule has 21 heavy (non-hydrogen) atoms. The van der Waals surface area contributed by atoms with Gasteiger partial charge < -0.3 is 5.11 Å². The van der Waals surface area contributed by atoms with Crippen molar-refractivity contribution in [3.8, 4) is 0 Å². The average Bonchev–Trinajstić information content (AvgIpc) is 2.85. The second-order valence-corrected chi connectivity index (χ2v) is 6.13. The molecule has 2 rings (SSSR count). The molecule has 0 saturated heterocycles. The number of nitrogens with one attached hydrogen (secondary N) is 2. The second-order valence-electron chi connectivity index (χ2n) is 4.44. The summed E-state index contributed by atoms with van der Waals surface area (Å²) in [5.41, 5.74) is 1.30. The van der Waals surface area contributed by atoms with Crippen LogP contribution in [0.3, 0.4) is 0 Å². The van der Waals surface area contributed by atoms with Gasteiger partial charge in [-0.1, -0.05) is 19.1 Å². The third-order valence-corrected chi connectivity index (χ3v) is 4.29. The van der Waals surface area contributed by atoms with Gasteiger partial charge >= 0.3 is 5.97 Å². The summed E-state index contributed by atoms with van der Waals surface area (Å²) < 4.78 is 26.9. The number of nitrogens with zero attached hydrogens (tertiary/aromatic N) is 1. The normalized spacial score (nSPS) is 11.3. The van der Waals surface area contributed by atoms with Crippen molar-refractivity contribution in [3.63, 3.8) is 0 Å². The molecular formula is C13H15N3O4S. The first-order valence-electron chi connectivity index (χ1n) is 6.28. The summed E-state index contributed by atoms with van der Waals surface area (Å²) >= 11 is 0. The van der Waals surface area contributed by atoms with E-state index in [1.165, 1.54) is 24.3 Å². The summed E-state index contributed by atoms with van der Waals surface area (Å²) in [6.45, 7) is 1.89. The third kappa shape index (κ3) is 3.60. The topological polar surface area (TPSA) is 112 Å². The van der Waals surface area contributed by atoms with Crippen molar-refractivity contribution in [1.82, 2.24) is 10.2 Å². The molecular weight excluding hydrogens is 294 g/mol. The van der Waals surface area contributed by atoms with Crippen molar-refractivity contribution >= 4 is 21.8 Å². The minimum Gasteiger partial charge on any atom is -0.481 e. The van der Waals surface area contributed by atoms with Crippen molar-refractivity contribution in [2.24, 2.45) is 0 Å². The maximum absolute atomic E-state index is 12.2. The lowest BCUT2D eigenvalue weighted by molar-refractivity contribution is -0.136. The molecule has 1 aromatic heterocycles. The SMILES string of the molecule is CCc1cn[nH]c1NS(=O)(=O)c1ccc(CC(=O)O)cc1. The Morgan fingerprint density at radius 3 is 2.57 bits per heavy atom. The molecule has 0 aliphatic carbocycles. The number of carboxylic acids is 1. The zero-order valence-corrected chi connectivity index (χ0v) is 12.1. The molecule has 0 radical (unpaired) electrons. The maximum Gasteiger partial charge on any atom is 0.307 e. The van der Waals surface area contributed by atoms with E-state index in [-0.39, 0.29) is 11.3 Å². The monoisotopic (exact) mass is 309 g/mol. The van der Waals surface area contributed by atoms with Crippen molar-refractivity contribution < 1.29 is 18.3 Å². The van der Waals surface area contributed by atoms with E-state index < -0.39 is 16.0 Å². The summed E-state index contributed by atoms with van der Waals surface area (Å²) in [7, 11) is -3.73. The minimum absolute atomic E-state index is 0.0632. The van der Waals surface area contributed by atoms with Crippen molar-refractivity contribution in [2.45, 2.75) is 24.7 Å². The van der Waals surface area contributed by atoms with Gasteiger partial charge in [-0.3, -0.25) is 14.6 Å². The van der Waals surface area contributed by atoms with Crippen molar-refractivity contribution in [2.75, 3.05) is 4.72 Å². The molecule has 0 unspecified atom stereocenters. The fourth-order valence-corrected chi connectivity index (χ4v) is 2.88. The number of H-pyrrole nitrogens is 1. The maximum atomic E-state index is 12.2. The van der Waals surface area contributed by atoms with Gasteiger partial charge in [0.15, 0.2) is 0 Å². The van der Waals surface area contributed by atoms with Crippen LogP contribution in [0.1, 0.15) is 18.1 Å². The van der Waals surface area contributed by atoms with Crippen LogP contribution < -0.4 is 4.72 Å². The Morgan fingerprint density at radius 2 is 2.00 bits per heavy atom. The van der Waals surface area contributed by atoms with Gasteiger partial charge in [0.1, 0.15) is 5.82 Å². The molecule has 0 aliphatic heterocycles. The lowest BCUT2D eigenvalue weighted by Crippen LogP contribution is -2.14. The van der Waals surface area contributed by atoms with Gasteiger partial charge in [0.05, 0.1) is 17.5 Å². The fourth-order valence-electron chi connectivity index (χ4n) is 1.82. The highest BCUT2D eigenvalue weighted by Gasteiger charge is 2.17. The lowest BCUT2D eigenvalue weighted by Gasteiger charge is -2.08. The predicted octanol–water partition coefficient (Wildman–Crippen LogP) is 1.40. The lowest BCUT2D eigenvalue weighted by atomic mass is 10.2. The highest BCUT2D eigenvalue weighted by Crippen LogP contribution is 2.18. The molecule has 3 N–H and O–H groups in total. The van der Waals surface area contributed by atoms with Crippen LogP contribution in [0.2, 0.25) is 0 Å². The zero-order chi connectivity index (χ0) is 15.5. The van der Waals surface area contributed by atoms with E-state index in [1.54, 1.807) is 6.20 Å². The Balaban J connectivity index is 2.21. The first-order chi connectivity index (χ1) is 9.92. The van der Waals surface area contributed by atoms with Crippen LogP contribution in [0, 0.1) is 0 Å². The molecule has 8 heteroatoms. The molecule has 0 bridgehead atoms. The second kappa shape index (κ2) is 5.96. The first kappa shape index (κ1) is 15.0. The molecule has 1 aromatic carbocycles. The summed E-state index contributed by atoms with van der Waals surface area (Å²) in [6, 6.07) is 5.72. The van der Waals surface area contributed by atoms with E-state index in [9.17, 15) is 13.2 Å². The number of anilines is 1. The van der Waals surface area contributed by atoms with Gasteiger partial charge in [0.2, 0.25) is 0 Å². The van der Waals surface area contributed by atoms with E-state index in [4.69, 9.17) is 5.11 Å². The van der Waals surface area contributed by atoms with Gasteiger partial charge in [-0.25, -0.2) is 8.42 Å². The van der Waals surface area contributed by atoms with Gasteiger partial charge in [-0.2, -0.15) is 5.10 Å². The summed E-state index contributed by atoms with van der Waals surface area (Å²) in [4.78, 5) is 10.7. The Bertz CT molecular complexity index is 735. The van der Waals surface area contributed by atoms with E-state index >= 15 is 0 Å². The van der Waals surface area contributed by atoms with Crippen LogP contribution in [0.4, 0.5) is 5.82 Å². The molecule has 0 spiro atoms. The average molecular weight is 309 g/mol. The number of aryl methyl sites for hydroxylation is 1. The highest BCUT2D eigenvalue weighted by atomic mass is 32.2. The van der Waals surface area contributed by atoms with E-state index in [0.29, 0.717) is 17.8 Å². The van der Waals surface area contributed by atoms with Crippen LogP contribution in [-0.4, -0.2) is 29.7 Å². The van der Waals surface area contributed by atoms with Crippen LogP contribution >= 0.6 is 0 Å². The fraction of sp³-hybridized carbons (Fsp3) is 0.231.